The standard InChI is InChI=1S/C11H26N2O/c1-4-9-14-10-5-6-12-7-8-13-11(2)3/h11-13H,4-10H2,1-3H3. The van der Waals surface area contributed by atoms with Crippen LogP contribution in [0.1, 0.15) is 33.6 Å². The Balaban J connectivity index is 2.85. The average molecular weight is 202 g/mol. The van der Waals surface area contributed by atoms with E-state index in [0.717, 1.165) is 45.7 Å². The van der Waals surface area contributed by atoms with Crippen LogP contribution in [-0.4, -0.2) is 38.9 Å². The molecule has 0 aromatic rings. The molecule has 2 N–H and O–H groups in total. The number of hydrogen-bond donors (Lipinski definition) is 2. The van der Waals surface area contributed by atoms with E-state index in [-0.39, 0.29) is 0 Å². The molecule has 0 aliphatic heterocycles. The average Bonchev–Trinajstić information content (AvgIpc) is 2.15. The number of hydrogen-bond acceptors (Lipinski definition) is 3. The molecule has 0 bridgehead atoms. The first-order valence-corrected chi connectivity index (χ1v) is 5.79. The highest BCUT2D eigenvalue weighted by atomic mass is 16.5. The van der Waals surface area contributed by atoms with Crippen molar-refractivity contribution in [2.75, 3.05) is 32.8 Å². The molecule has 0 atom stereocenters. The molecule has 0 spiro atoms. The van der Waals surface area contributed by atoms with Gasteiger partial charge in [0.2, 0.25) is 0 Å². The molecule has 3 heteroatoms. The summed E-state index contributed by atoms with van der Waals surface area (Å²) in [5.41, 5.74) is 0. The first-order valence-electron chi connectivity index (χ1n) is 5.79. The maximum Gasteiger partial charge on any atom is 0.0478 e. The third-order valence-corrected chi connectivity index (χ3v) is 1.85. The van der Waals surface area contributed by atoms with Gasteiger partial charge >= 0.3 is 0 Å². The van der Waals surface area contributed by atoms with E-state index in [1.165, 1.54) is 0 Å². The normalized spacial score (nSPS) is 11.1. The first kappa shape index (κ1) is 13.9. The minimum Gasteiger partial charge on any atom is -0.381 e. The fraction of sp³-hybridized carbons (Fsp3) is 1.00. The van der Waals surface area contributed by atoms with Gasteiger partial charge in [0.05, 0.1) is 0 Å². The molecule has 0 aromatic carbocycles. The Morgan fingerprint density at radius 3 is 2.50 bits per heavy atom. The summed E-state index contributed by atoms with van der Waals surface area (Å²) in [5.74, 6) is 0. The summed E-state index contributed by atoms with van der Waals surface area (Å²) >= 11 is 0. The van der Waals surface area contributed by atoms with Crippen molar-refractivity contribution in [3.8, 4) is 0 Å². The molecule has 0 fully saturated rings. The second-order valence-electron chi connectivity index (χ2n) is 3.82. The second kappa shape index (κ2) is 11.0. The molecule has 0 rings (SSSR count). The lowest BCUT2D eigenvalue weighted by molar-refractivity contribution is 0.132. The molecule has 0 amide bonds. The van der Waals surface area contributed by atoms with Crippen molar-refractivity contribution in [1.29, 1.82) is 0 Å². The molecule has 86 valence electrons. The number of nitrogens with one attached hydrogen (secondary N) is 2. The van der Waals surface area contributed by atoms with Crippen molar-refractivity contribution >= 4 is 0 Å². The fourth-order valence-electron chi connectivity index (χ4n) is 1.12. The SMILES string of the molecule is CCCOCCCNCCNC(C)C. The van der Waals surface area contributed by atoms with Gasteiger partial charge in [-0.1, -0.05) is 20.8 Å². The molecular weight excluding hydrogens is 176 g/mol. The summed E-state index contributed by atoms with van der Waals surface area (Å²) in [5, 5.41) is 6.74. The van der Waals surface area contributed by atoms with Gasteiger partial charge in [-0.25, -0.2) is 0 Å². The van der Waals surface area contributed by atoms with E-state index in [2.05, 4.69) is 31.4 Å². The zero-order valence-electron chi connectivity index (χ0n) is 9.94. The maximum absolute atomic E-state index is 5.37. The Morgan fingerprint density at radius 1 is 1.07 bits per heavy atom. The van der Waals surface area contributed by atoms with Crippen LogP contribution in [0.15, 0.2) is 0 Å². The summed E-state index contributed by atoms with van der Waals surface area (Å²) in [7, 11) is 0. The number of ether oxygens (including phenoxy) is 1. The Kier molecular flexibility index (Phi) is 10.9. The van der Waals surface area contributed by atoms with Gasteiger partial charge in [0.25, 0.3) is 0 Å². The van der Waals surface area contributed by atoms with Crippen molar-refractivity contribution in [3.05, 3.63) is 0 Å². The van der Waals surface area contributed by atoms with Gasteiger partial charge in [-0.15, -0.1) is 0 Å². The predicted molar refractivity (Wildman–Crippen MR) is 61.7 cm³/mol. The van der Waals surface area contributed by atoms with Crippen LogP contribution >= 0.6 is 0 Å². The van der Waals surface area contributed by atoms with Gasteiger partial charge < -0.3 is 15.4 Å². The van der Waals surface area contributed by atoms with E-state index < -0.39 is 0 Å². The van der Waals surface area contributed by atoms with Crippen molar-refractivity contribution in [3.63, 3.8) is 0 Å². The topological polar surface area (TPSA) is 33.3 Å². The molecule has 0 saturated carbocycles. The van der Waals surface area contributed by atoms with Crippen LogP contribution in [0.4, 0.5) is 0 Å². The largest absolute Gasteiger partial charge is 0.381 e. The molecule has 0 unspecified atom stereocenters. The zero-order chi connectivity index (χ0) is 10.6. The Morgan fingerprint density at radius 2 is 1.86 bits per heavy atom. The van der Waals surface area contributed by atoms with Gasteiger partial charge in [0.15, 0.2) is 0 Å². The second-order valence-corrected chi connectivity index (χ2v) is 3.82. The Labute approximate surface area is 88.6 Å². The Bertz CT molecular complexity index is 107. The smallest absolute Gasteiger partial charge is 0.0478 e. The quantitative estimate of drug-likeness (QED) is 0.525. The summed E-state index contributed by atoms with van der Waals surface area (Å²) in [4.78, 5) is 0. The van der Waals surface area contributed by atoms with E-state index in [1.807, 2.05) is 0 Å². The van der Waals surface area contributed by atoms with Crippen LogP contribution in [0.3, 0.4) is 0 Å². The van der Waals surface area contributed by atoms with Crippen LogP contribution in [0, 0.1) is 0 Å². The van der Waals surface area contributed by atoms with Crippen molar-refractivity contribution in [1.82, 2.24) is 10.6 Å². The summed E-state index contributed by atoms with van der Waals surface area (Å²) < 4.78 is 5.37. The first-order chi connectivity index (χ1) is 6.77. The Hall–Kier alpha value is -0.120. The van der Waals surface area contributed by atoms with Crippen LogP contribution in [-0.2, 0) is 4.74 Å². The van der Waals surface area contributed by atoms with Crippen molar-refractivity contribution in [2.45, 2.75) is 39.7 Å². The highest BCUT2D eigenvalue weighted by molar-refractivity contribution is 4.55. The summed E-state index contributed by atoms with van der Waals surface area (Å²) in [6.45, 7) is 11.4. The third kappa shape index (κ3) is 11.9. The lowest BCUT2D eigenvalue weighted by Crippen LogP contribution is -2.32. The third-order valence-electron chi connectivity index (χ3n) is 1.85. The summed E-state index contributed by atoms with van der Waals surface area (Å²) in [6, 6.07) is 0.588. The zero-order valence-corrected chi connectivity index (χ0v) is 9.94. The molecule has 0 aromatic heterocycles. The van der Waals surface area contributed by atoms with E-state index in [4.69, 9.17) is 4.74 Å². The maximum atomic E-state index is 5.37. The lowest BCUT2D eigenvalue weighted by Gasteiger charge is -2.08. The molecule has 0 saturated heterocycles. The molecule has 3 nitrogen and oxygen atoms in total. The predicted octanol–water partition coefficient (Wildman–Crippen LogP) is 1.39. The van der Waals surface area contributed by atoms with E-state index in [0.29, 0.717) is 6.04 Å². The highest BCUT2D eigenvalue weighted by Gasteiger charge is 1.91. The molecule has 0 radical (unpaired) electrons. The fourth-order valence-corrected chi connectivity index (χ4v) is 1.12. The van der Waals surface area contributed by atoms with Crippen LogP contribution in [0.25, 0.3) is 0 Å². The monoisotopic (exact) mass is 202 g/mol. The molecular formula is C11H26N2O. The van der Waals surface area contributed by atoms with Crippen molar-refractivity contribution in [2.24, 2.45) is 0 Å². The molecule has 0 aliphatic carbocycles. The minimum absolute atomic E-state index is 0.588. The minimum atomic E-state index is 0.588. The van der Waals surface area contributed by atoms with Gasteiger partial charge in [0, 0.05) is 32.3 Å². The highest BCUT2D eigenvalue weighted by Crippen LogP contribution is 1.83. The van der Waals surface area contributed by atoms with Crippen molar-refractivity contribution < 1.29 is 4.74 Å². The van der Waals surface area contributed by atoms with Gasteiger partial charge in [-0.3, -0.25) is 0 Å². The molecule has 0 heterocycles. The summed E-state index contributed by atoms with van der Waals surface area (Å²) in [6.07, 6.45) is 2.23. The van der Waals surface area contributed by atoms with E-state index >= 15 is 0 Å². The van der Waals surface area contributed by atoms with E-state index in [9.17, 15) is 0 Å². The number of rotatable bonds is 10. The molecule has 14 heavy (non-hydrogen) atoms. The van der Waals surface area contributed by atoms with Crippen LogP contribution in [0.2, 0.25) is 0 Å². The van der Waals surface area contributed by atoms with Crippen LogP contribution in [0.5, 0.6) is 0 Å². The van der Waals surface area contributed by atoms with Gasteiger partial charge in [-0.2, -0.15) is 0 Å². The van der Waals surface area contributed by atoms with Gasteiger partial charge in [-0.05, 0) is 19.4 Å². The van der Waals surface area contributed by atoms with Gasteiger partial charge in [0.1, 0.15) is 0 Å². The van der Waals surface area contributed by atoms with E-state index in [1.54, 1.807) is 0 Å². The van der Waals surface area contributed by atoms with Crippen LogP contribution < -0.4 is 10.6 Å². The molecule has 0 aliphatic rings. The lowest BCUT2D eigenvalue weighted by atomic mass is 10.4.